The molecule has 3 rings (SSSR count). The van der Waals surface area contributed by atoms with Gasteiger partial charge in [0, 0.05) is 13.1 Å². The van der Waals surface area contributed by atoms with Gasteiger partial charge in [0.2, 0.25) is 5.91 Å². The first-order chi connectivity index (χ1) is 10.7. The van der Waals surface area contributed by atoms with Gasteiger partial charge in [-0.25, -0.2) is 0 Å². The van der Waals surface area contributed by atoms with Crippen molar-refractivity contribution in [2.24, 2.45) is 11.8 Å². The first-order valence-electron chi connectivity index (χ1n) is 8.78. The van der Waals surface area contributed by atoms with Gasteiger partial charge in [0.1, 0.15) is 0 Å². The minimum Gasteiger partial charge on any atom is -0.667 e. The second kappa shape index (κ2) is 7.28. The highest BCUT2D eigenvalue weighted by atomic mass is 16.2. The van der Waals surface area contributed by atoms with Gasteiger partial charge in [-0.2, -0.15) is 0 Å². The Morgan fingerprint density at radius 2 is 1.86 bits per heavy atom. The predicted octanol–water partition coefficient (Wildman–Crippen LogP) is 4.08. The molecule has 1 saturated heterocycles. The van der Waals surface area contributed by atoms with Crippen LogP contribution in [0, 0.1) is 11.8 Å². The quantitative estimate of drug-likeness (QED) is 0.826. The van der Waals surface area contributed by atoms with E-state index in [1.54, 1.807) is 0 Å². The molecule has 1 N–H and O–H groups in total. The number of carbonyl (C=O) groups is 1. The minimum atomic E-state index is -0.597. The van der Waals surface area contributed by atoms with Crippen LogP contribution in [0.25, 0.3) is 5.73 Å². The lowest BCUT2D eigenvalue weighted by molar-refractivity contribution is -0.134. The van der Waals surface area contributed by atoms with Crippen molar-refractivity contribution in [3.8, 4) is 0 Å². The molecule has 1 amide bonds. The van der Waals surface area contributed by atoms with E-state index < -0.39 is 6.04 Å². The van der Waals surface area contributed by atoms with Crippen molar-refractivity contribution in [3.63, 3.8) is 0 Å². The molecule has 1 saturated carbocycles. The molecule has 3 atom stereocenters. The van der Waals surface area contributed by atoms with Crippen LogP contribution in [0.4, 0.5) is 0 Å². The topological polar surface area (TPSA) is 44.1 Å². The molecule has 2 unspecified atom stereocenters. The third-order valence-electron chi connectivity index (χ3n) is 5.47. The van der Waals surface area contributed by atoms with E-state index in [1.807, 2.05) is 23.1 Å². The van der Waals surface area contributed by atoms with Crippen LogP contribution in [0.2, 0.25) is 0 Å². The Kier molecular flexibility index (Phi) is 5.14. The Balaban J connectivity index is 1.50. The molecule has 0 aromatic heterocycles. The van der Waals surface area contributed by atoms with Crippen molar-refractivity contribution in [3.05, 3.63) is 41.6 Å². The minimum absolute atomic E-state index is 0.0555. The highest BCUT2D eigenvalue weighted by Gasteiger charge is 2.33. The van der Waals surface area contributed by atoms with Crippen molar-refractivity contribution in [1.82, 2.24) is 4.90 Å². The van der Waals surface area contributed by atoms with Gasteiger partial charge < -0.3 is 10.6 Å². The highest BCUT2D eigenvalue weighted by Crippen LogP contribution is 2.36. The number of hydrogen-bond acceptors (Lipinski definition) is 1. The summed E-state index contributed by atoms with van der Waals surface area (Å²) in [7, 11) is 0. The molecule has 2 fully saturated rings. The van der Waals surface area contributed by atoms with Crippen LogP contribution in [-0.2, 0) is 11.2 Å². The Bertz CT molecular complexity index is 487. The van der Waals surface area contributed by atoms with Crippen LogP contribution in [0.3, 0.4) is 0 Å². The monoisotopic (exact) mass is 299 g/mol. The van der Waals surface area contributed by atoms with Gasteiger partial charge in [0.05, 0.1) is 0 Å². The van der Waals surface area contributed by atoms with Gasteiger partial charge in [0.15, 0.2) is 0 Å². The van der Waals surface area contributed by atoms with Crippen molar-refractivity contribution < 1.29 is 4.79 Å². The van der Waals surface area contributed by atoms with Crippen molar-refractivity contribution in [2.45, 2.75) is 51.0 Å². The second-order valence-electron chi connectivity index (χ2n) is 6.95. The van der Waals surface area contributed by atoms with Gasteiger partial charge in [-0.15, -0.1) is 0 Å². The van der Waals surface area contributed by atoms with E-state index in [0.717, 1.165) is 31.8 Å². The zero-order valence-corrected chi connectivity index (χ0v) is 13.3. The van der Waals surface area contributed by atoms with Crippen LogP contribution < -0.4 is 0 Å². The summed E-state index contributed by atoms with van der Waals surface area (Å²) in [4.78, 5) is 14.5. The Morgan fingerprint density at radius 3 is 2.64 bits per heavy atom. The number of nitrogens with zero attached hydrogens (tertiary/aromatic N) is 1. The summed E-state index contributed by atoms with van der Waals surface area (Å²) < 4.78 is 0. The molecule has 3 heteroatoms. The normalized spacial score (nSPS) is 26.3. The van der Waals surface area contributed by atoms with Crippen LogP contribution in [0.5, 0.6) is 0 Å². The number of hydrogen-bond donors (Lipinski definition) is 0. The zero-order valence-electron chi connectivity index (χ0n) is 13.3. The number of benzene rings is 1. The SMILES string of the molecule is [NH-][C@@H](CCc1ccccc1)C(=O)N1CCC2CCCCC2C1. The molecule has 1 aromatic rings. The number of likely N-dealkylation sites (tertiary alicyclic amines) is 1. The lowest BCUT2D eigenvalue weighted by Gasteiger charge is -2.43. The number of piperidine rings is 1. The number of nitrogens with one attached hydrogen (secondary N) is 1. The maximum absolute atomic E-state index is 12.5. The Labute approximate surface area is 133 Å². The molecule has 0 radical (unpaired) electrons. The second-order valence-corrected chi connectivity index (χ2v) is 6.95. The first kappa shape index (κ1) is 15.5. The molecule has 1 aliphatic carbocycles. The average Bonchev–Trinajstić information content (AvgIpc) is 2.59. The van der Waals surface area contributed by atoms with E-state index in [9.17, 15) is 4.79 Å². The van der Waals surface area contributed by atoms with Crippen LogP contribution in [-0.4, -0.2) is 29.9 Å². The summed E-state index contributed by atoms with van der Waals surface area (Å²) in [5.41, 5.74) is 9.43. The number of rotatable bonds is 4. The fraction of sp³-hybridized carbons (Fsp3) is 0.632. The molecular weight excluding hydrogens is 272 g/mol. The number of fused-ring (bicyclic) bond motifs is 1. The lowest BCUT2D eigenvalue weighted by atomic mass is 9.75. The largest absolute Gasteiger partial charge is 0.667 e. The molecule has 1 aliphatic heterocycles. The number of amides is 1. The molecule has 2 aliphatic rings. The summed E-state index contributed by atoms with van der Waals surface area (Å²) in [6.07, 6.45) is 7.93. The summed E-state index contributed by atoms with van der Waals surface area (Å²) in [5, 5.41) is 0. The molecule has 120 valence electrons. The van der Waals surface area contributed by atoms with E-state index in [4.69, 9.17) is 5.73 Å². The third kappa shape index (κ3) is 3.70. The van der Waals surface area contributed by atoms with Crippen molar-refractivity contribution >= 4 is 5.91 Å². The van der Waals surface area contributed by atoms with Crippen molar-refractivity contribution in [1.29, 1.82) is 0 Å². The number of aryl methyl sites for hydroxylation is 1. The first-order valence-corrected chi connectivity index (χ1v) is 8.78. The molecule has 1 aromatic carbocycles. The Hall–Kier alpha value is -1.35. The molecule has 0 bridgehead atoms. The summed E-state index contributed by atoms with van der Waals surface area (Å²) in [5.74, 6) is 1.60. The van der Waals surface area contributed by atoms with Crippen LogP contribution in [0.1, 0.15) is 44.1 Å². The summed E-state index contributed by atoms with van der Waals surface area (Å²) in [6, 6.07) is 9.59. The summed E-state index contributed by atoms with van der Waals surface area (Å²) in [6.45, 7) is 1.78. The van der Waals surface area contributed by atoms with Crippen LogP contribution in [0.15, 0.2) is 30.3 Å². The van der Waals surface area contributed by atoms with Gasteiger partial charge >= 0.3 is 0 Å². The van der Waals surface area contributed by atoms with Gasteiger partial charge in [0.25, 0.3) is 0 Å². The Morgan fingerprint density at radius 1 is 1.14 bits per heavy atom. The highest BCUT2D eigenvalue weighted by molar-refractivity contribution is 5.83. The molecule has 0 spiro atoms. The van der Waals surface area contributed by atoms with E-state index in [0.29, 0.717) is 12.3 Å². The molecule has 1 heterocycles. The average molecular weight is 299 g/mol. The number of carbonyl (C=O) groups excluding carboxylic acids is 1. The van der Waals surface area contributed by atoms with Crippen molar-refractivity contribution in [2.75, 3.05) is 13.1 Å². The van der Waals surface area contributed by atoms with Gasteiger partial charge in [-0.05, 0) is 36.7 Å². The predicted molar refractivity (Wildman–Crippen MR) is 89.5 cm³/mol. The maximum atomic E-state index is 12.5. The fourth-order valence-corrected chi connectivity index (χ4v) is 4.10. The van der Waals surface area contributed by atoms with Crippen LogP contribution >= 0.6 is 0 Å². The van der Waals surface area contributed by atoms with Gasteiger partial charge in [-0.3, -0.25) is 4.79 Å². The smallest absolute Gasteiger partial charge is 0.204 e. The standard InChI is InChI=1S/C19H27N2O/c20-18(11-10-15-6-2-1-3-7-15)19(22)21-13-12-16-8-4-5-9-17(16)14-21/h1-3,6-7,16-18,20H,4-5,8-14H2/q-1/t16?,17?,18-/m0/s1. The van der Waals surface area contributed by atoms with E-state index in [2.05, 4.69) is 12.1 Å². The fourth-order valence-electron chi connectivity index (χ4n) is 4.10. The van der Waals surface area contributed by atoms with E-state index in [1.165, 1.54) is 31.2 Å². The van der Waals surface area contributed by atoms with E-state index in [-0.39, 0.29) is 5.91 Å². The third-order valence-corrected chi connectivity index (χ3v) is 5.47. The maximum Gasteiger partial charge on any atom is 0.204 e. The van der Waals surface area contributed by atoms with Gasteiger partial charge in [-0.1, -0.05) is 62.1 Å². The molecule has 22 heavy (non-hydrogen) atoms. The van der Waals surface area contributed by atoms with E-state index >= 15 is 0 Å². The molecule has 3 nitrogen and oxygen atoms in total. The lowest BCUT2D eigenvalue weighted by Crippen LogP contribution is -2.47. The molecular formula is C19H27N2O-. The zero-order chi connectivity index (χ0) is 15.4. The summed E-state index contributed by atoms with van der Waals surface area (Å²) >= 11 is 0.